The molecule has 6 heteroatoms. The van der Waals surface area contributed by atoms with Crippen molar-refractivity contribution >= 4 is 17.7 Å². The number of rotatable bonds is 9. The summed E-state index contributed by atoms with van der Waals surface area (Å²) in [7, 11) is 0. The first kappa shape index (κ1) is 19.9. The lowest BCUT2D eigenvalue weighted by Crippen LogP contribution is -2.28. The van der Waals surface area contributed by atoms with E-state index in [0.29, 0.717) is 17.6 Å². The summed E-state index contributed by atoms with van der Waals surface area (Å²) in [6.45, 7) is 9.43. The molecule has 0 spiro atoms. The number of aromatic nitrogens is 3. The van der Waals surface area contributed by atoms with Gasteiger partial charge in [-0.05, 0) is 50.2 Å². The van der Waals surface area contributed by atoms with E-state index in [-0.39, 0.29) is 11.9 Å². The Bertz CT molecular complexity index is 765. The van der Waals surface area contributed by atoms with E-state index >= 15 is 0 Å². The Morgan fingerprint density at radius 3 is 2.52 bits per heavy atom. The van der Waals surface area contributed by atoms with E-state index in [2.05, 4.69) is 65.1 Å². The third-order valence-electron chi connectivity index (χ3n) is 4.84. The average Bonchev–Trinajstić information content (AvgIpc) is 3.39. The highest BCUT2D eigenvalue weighted by molar-refractivity contribution is 7.99. The zero-order valence-corrected chi connectivity index (χ0v) is 17.6. The minimum absolute atomic E-state index is 0.00253. The van der Waals surface area contributed by atoms with Gasteiger partial charge < -0.3 is 9.88 Å². The molecular formula is C21H30N4OS. The van der Waals surface area contributed by atoms with Crippen LogP contribution < -0.4 is 5.32 Å². The van der Waals surface area contributed by atoms with Crippen LogP contribution in [0.15, 0.2) is 29.4 Å². The number of benzene rings is 1. The Morgan fingerprint density at radius 1 is 1.22 bits per heavy atom. The van der Waals surface area contributed by atoms with Gasteiger partial charge in [0.25, 0.3) is 0 Å². The third-order valence-corrected chi connectivity index (χ3v) is 5.80. The van der Waals surface area contributed by atoms with Crippen molar-refractivity contribution in [1.82, 2.24) is 20.1 Å². The number of hydrogen-bond donors (Lipinski definition) is 1. The molecule has 5 nitrogen and oxygen atoms in total. The second-order valence-corrected chi connectivity index (χ2v) is 8.72. The van der Waals surface area contributed by atoms with Crippen molar-refractivity contribution in [3.05, 3.63) is 41.2 Å². The summed E-state index contributed by atoms with van der Waals surface area (Å²) in [5, 5.41) is 12.5. The second-order valence-electron chi connectivity index (χ2n) is 7.78. The fourth-order valence-electron chi connectivity index (χ4n) is 3.26. The van der Waals surface area contributed by atoms with E-state index in [1.165, 1.54) is 30.2 Å². The minimum atomic E-state index is -0.00253. The van der Waals surface area contributed by atoms with E-state index in [9.17, 15) is 4.79 Å². The Labute approximate surface area is 166 Å². The molecule has 27 heavy (non-hydrogen) atoms. The molecule has 0 aliphatic heterocycles. The van der Waals surface area contributed by atoms with Crippen molar-refractivity contribution in [2.45, 2.75) is 70.6 Å². The summed E-state index contributed by atoms with van der Waals surface area (Å²) in [5.41, 5.74) is 2.47. The third kappa shape index (κ3) is 5.34. The van der Waals surface area contributed by atoms with E-state index in [4.69, 9.17) is 0 Å². The van der Waals surface area contributed by atoms with Crippen LogP contribution in [0.25, 0.3) is 0 Å². The highest BCUT2D eigenvalue weighted by Crippen LogP contribution is 2.39. The zero-order valence-electron chi connectivity index (χ0n) is 16.7. The maximum absolute atomic E-state index is 12.4. The van der Waals surface area contributed by atoms with Crippen molar-refractivity contribution in [3.63, 3.8) is 0 Å². The van der Waals surface area contributed by atoms with E-state index < -0.39 is 0 Å². The predicted molar refractivity (Wildman–Crippen MR) is 110 cm³/mol. The van der Waals surface area contributed by atoms with Crippen LogP contribution in [0.2, 0.25) is 0 Å². The molecule has 1 aromatic carbocycles. The van der Waals surface area contributed by atoms with Crippen LogP contribution in [0.5, 0.6) is 0 Å². The van der Waals surface area contributed by atoms with Crippen LogP contribution in [0.3, 0.4) is 0 Å². The lowest BCUT2D eigenvalue weighted by atomic mass is 10.00. The minimum Gasteiger partial charge on any atom is -0.349 e. The maximum atomic E-state index is 12.4. The number of nitrogens with one attached hydrogen (secondary N) is 1. The van der Waals surface area contributed by atoms with Gasteiger partial charge in [0.05, 0.1) is 11.8 Å². The molecular weight excluding hydrogens is 356 g/mol. The van der Waals surface area contributed by atoms with Gasteiger partial charge in [0.15, 0.2) is 5.16 Å². The summed E-state index contributed by atoms with van der Waals surface area (Å²) < 4.78 is 2.15. The van der Waals surface area contributed by atoms with Crippen LogP contribution in [0.1, 0.15) is 69.4 Å². The Morgan fingerprint density at radius 2 is 1.93 bits per heavy atom. The summed E-state index contributed by atoms with van der Waals surface area (Å²) in [5.74, 6) is 2.68. The lowest BCUT2D eigenvalue weighted by Gasteiger charge is -2.15. The summed E-state index contributed by atoms with van der Waals surface area (Å²) in [6, 6.07) is 8.56. The molecule has 2 aromatic rings. The van der Waals surface area contributed by atoms with Gasteiger partial charge in [0.2, 0.25) is 5.91 Å². The van der Waals surface area contributed by atoms with Gasteiger partial charge in [-0.3, -0.25) is 4.79 Å². The number of amides is 1. The normalized spacial score (nSPS) is 15.1. The van der Waals surface area contributed by atoms with Crippen molar-refractivity contribution < 1.29 is 4.79 Å². The second kappa shape index (κ2) is 8.91. The van der Waals surface area contributed by atoms with Gasteiger partial charge in [-0.2, -0.15) is 0 Å². The largest absolute Gasteiger partial charge is 0.349 e. The molecule has 1 unspecified atom stereocenters. The van der Waals surface area contributed by atoms with Crippen LogP contribution >= 0.6 is 11.8 Å². The smallest absolute Gasteiger partial charge is 0.230 e. The number of carbonyl (C=O) groups is 1. The SMILES string of the molecule is CCn1c(SCC(=O)NC(C)c2ccc(CC(C)C)cc2)nnc1C1CC1. The monoisotopic (exact) mass is 386 g/mol. The number of hydrogen-bond acceptors (Lipinski definition) is 4. The van der Waals surface area contributed by atoms with Crippen LogP contribution in [0, 0.1) is 5.92 Å². The van der Waals surface area contributed by atoms with Crippen LogP contribution in [0.4, 0.5) is 0 Å². The molecule has 1 atom stereocenters. The van der Waals surface area contributed by atoms with E-state index in [0.717, 1.165) is 29.5 Å². The number of nitrogens with zero attached hydrogens (tertiary/aromatic N) is 3. The van der Waals surface area contributed by atoms with E-state index in [1.54, 1.807) is 0 Å². The maximum Gasteiger partial charge on any atom is 0.230 e. The Hall–Kier alpha value is -1.82. The molecule has 0 bridgehead atoms. The standard InChI is InChI=1S/C21H30N4OS/c1-5-25-20(18-10-11-18)23-24-21(25)27-13-19(26)22-15(4)17-8-6-16(7-9-17)12-14(2)3/h6-9,14-15,18H,5,10-13H2,1-4H3,(H,22,26). The van der Waals surface area contributed by atoms with Gasteiger partial charge in [-0.1, -0.05) is 49.9 Å². The van der Waals surface area contributed by atoms with Crippen LogP contribution in [-0.4, -0.2) is 26.4 Å². The van der Waals surface area contributed by atoms with Crippen LogP contribution in [-0.2, 0) is 17.8 Å². The highest BCUT2D eigenvalue weighted by atomic mass is 32.2. The molecule has 0 saturated heterocycles. The summed E-state index contributed by atoms with van der Waals surface area (Å²) in [6.07, 6.45) is 3.49. The highest BCUT2D eigenvalue weighted by Gasteiger charge is 2.30. The van der Waals surface area contributed by atoms with Gasteiger partial charge in [0.1, 0.15) is 5.82 Å². The van der Waals surface area contributed by atoms with E-state index in [1.807, 2.05) is 6.92 Å². The van der Waals surface area contributed by atoms with Crippen molar-refractivity contribution in [3.8, 4) is 0 Å². The molecule has 1 aromatic heterocycles. The van der Waals surface area contributed by atoms with Gasteiger partial charge in [-0.15, -0.1) is 10.2 Å². The predicted octanol–water partition coefficient (Wildman–Crippen LogP) is 4.34. The van der Waals surface area contributed by atoms with Gasteiger partial charge in [0, 0.05) is 12.5 Å². The first-order valence-electron chi connectivity index (χ1n) is 9.92. The first-order valence-corrected chi connectivity index (χ1v) is 10.9. The summed E-state index contributed by atoms with van der Waals surface area (Å²) >= 11 is 1.47. The molecule has 0 radical (unpaired) electrons. The molecule has 1 saturated carbocycles. The molecule has 1 amide bonds. The molecule has 3 rings (SSSR count). The van der Waals surface area contributed by atoms with Gasteiger partial charge in [-0.25, -0.2) is 0 Å². The molecule has 1 heterocycles. The number of carbonyl (C=O) groups excluding carboxylic acids is 1. The quantitative estimate of drug-likeness (QED) is 0.651. The molecule has 1 aliphatic carbocycles. The average molecular weight is 387 g/mol. The van der Waals surface area contributed by atoms with Crippen molar-refractivity contribution in [2.24, 2.45) is 5.92 Å². The topological polar surface area (TPSA) is 59.8 Å². The Kier molecular flexibility index (Phi) is 6.58. The lowest BCUT2D eigenvalue weighted by molar-refractivity contribution is -0.119. The number of thioether (sulfide) groups is 1. The fraction of sp³-hybridized carbons (Fsp3) is 0.571. The van der Waals surface area contributed by atoms with Crippen molar-refractivity contribution in [2.75, 3.05) is 5.75 Å². The molecule has 146 valence electrons. The van der Waals surface area contributed by atoms with Gasteiger partial charge >= 0.3 is 0 Å². The molecule has 1 N–H and O–H groups in total. The first-order chi connectivity index (χ1) is 13.0. The molecule has 1 fully saturated rings. The Balaban J connectivity index is 1.51. The zero-order chi connectivity index (χ0) is 19.4. The molecule has 1 aliphatic rings. The fourth-order valence-corrected chi connectivity index (χ4v) is 4.08. The van der Waals surface area contributed by atoms with Crippen molar-refractivity contribution in [1.29, 1.82) is 0 Å². The summed E-state index contributed by atoms with van der Waals surface area (Å²) in [4.78, 5) is 12.4.